The number of pyridine rings is 1. The first-order valence-electron chi connectivity index (χ1n) is 14.1. The van der Waals surface area contributed by atoms with Crippen LogP contribution in [0.1, 0.15) is 67.5 Å². The molecular formula is C32H26ClFN8. The highest BCUT2D eigenvalue weighted by atomic mass is 35.5. The minimum Gasteiger partial charge on any atom is -0.377 e. The third-order valence-electron chi connectivity index (χ3n) is 7.20. The first-order valence-corrected chi connectivity index (χ1v) is 13.9. The van der Waals surface area contributed by atoms with Crippen molar-refractivity contribution in [1.29, 1.82) is 10.5 Å². The smallest absolute Gasteiger partial charge is 0.123 e. The quantitative estimate of drug-likeness (QED) is 0.177. The Kier molecular flexibility index (Phi) is 7.32. The van der Waals surface area contributed by atoms with E-state index in [4.69, 9.17) is 11.6 Å². The fourth-order valence-electron chi connectivity index (χ4n) is 4.92. The summed E-state index contributed by atoms with van der Waals surface area (Å²) < 4.78 is 25.2. The van der Waals surface area contributed by atoms with Gasteiger partial charge in [-0.05, 0) is 54.7 Å². The highest BCUT2D eigenvalue weighted by Gasteiger charge is 2.27. The van der Waals surface area contributed by atoms with Gasteiger partial charge in [0.15, 0.2) is 0 Å². The zero-order valence-corrected chi connectivity index (χ0v) is 23.2. The van der Waals surface area contributed by atoms with E-state index in [1.54, 1.807) is 23.0 Å². The topological polar surface area (TPSA) is 115 Å². The van der Waals surface area contributed by atoms with Crippen molar-refractivity contribution in [2.75, 3.05) is 10.6 Å². The van der Waals surface area contributed by atoms with Crippen molar-refractivity contribution in [2.45, 2.75) is 43.8 Å². The van der Waals surface area contributed by atoms with Gasteiger partial charge in [0.1, 0.15) is 17.6 Å². The van der Waals surface area contributed by atoms with Crippen LogP contribution in [0.15, 0.2) is 79.1 Å². The summed E-state index contributed by atoms with van der Waals surface area (Å²) in [7, 11) is 0. The van der Waals surface area contributed by atoms with Gasteiger partial charge in [-0.1, -0.05) is 59.3 Å². The molecule has 6 rings (SSSR count). The molecule has 1 fully saturated rings. The van der Waals surface area contributed by atoms with Crippen LogP contribution < -0.4 is 10.6 Å². The zero-order chi connectivity index (χ0) is 30.0. The summed E-state index contributed by atoms with van der Waals surface area (Å²) in [5.41, 5.74) is 3.51. The van der Waals surface area contributed by atoms with E-state index in [1.165, 1.54) is 30.5 Å². The molecular weight excluding hydrogens is 551 g/mol. The lowest BCUT2D eigenvalue weighted by Crippen LogP contribution is -2.14. The van der Waals surface area contributed by atoms with E-state index >= 15 is 0 Å². The molecule has 3 aromatic carbocycles. The summed E-state index contributed by atoms with van der Waals surface area (Å²) in [6.07, 6.45) is 6.04. The number of benzene rings is 3. The van der Waals surface area contributed by atoms with Gasteiger partial charge in [0.25, 0.3) is 0 Å². The Bertz CT molecular complexity index is 1860. The minimum atomic E-state index is -1.65. The summed E-state index contributed by atoms with van der Waals surface area (Å²) in [5, 5.41) is 35.5. The third-order valence-corrected chi connectivity index (χ3v) is 7.49. The molecule has 42 heavy (non-hydrogen) atoms. The summed E-state index contributed by atoms with van der Waals surface area (Å²) >= 11 is 6.76. The predicted octanol–water partition coefficient (Wildman–Crippen LogP) is 7.48. The van der Waals surface area contributed by atoms with E-state index in [9.17, 15) is 16.3 Å². The molecule has 0 saturated heterocycles. The number of hydrogen-bond acceptors (Lipinski definition) is 7. The summed E-state index contributed by atoms with van der Waals surface area (Å²) in [6, 6.07) is 21.6. The molecule has 1 aliphatic rings. The van der Waals surface area contributed by atoms with Crippen LogP contribution in [-0.2, 0) is 0 Å². The van der Waals surface area contributed by atoms with Gasteiger partial charge in [-0.25, -0.2) is 9.07 Å². The van der Waals surface area contributed by atoms with E-state index in [0.29, 0.717) is 57.0 Å². The van der Waals surface area contributed by atoms with Gasteiger partial charge in [0.2, 0.25) is 0 Å². The van der Waals surface area contributed by atoms with Crippen molar-refractivity contribution in [3.8, 4) is 12.1 Å². The third kappa shape index (κ3) is 5.74. The molecule has 0 aliphatic heterocycles. The highest BCUT2D eigenvalue weighted by molar-refractivity contribution is 6.35. The van der Waals surface area contributed by atoms with Gasteiger partial charge < -0.3 is 10.6 Å². The highest BCUT2D eigenvalue weighted by Crippen LogP contribution is 2.38. The summed E-state index contributed by atoms with van der Waals surface area (Å²) in [6.45, 7) is 0. The number of nitrogens with one attached hydrogen (secondary N) is 2. The van der Waals surface area contributed by atoms with Crippen molar-refractivity contribution in [3.63, 3.8) is 0 Å². The van der Waals surface area contributed by atoms with Crippen LogP contribution in [0.2, 0.25) is 5.02 Å². The maximum Gasteiger partial charge on any atom is 0.123 e. The number of fused-ring (bicyclic) bond motifs is 1. The average molecular weight is 578 g/mol. The molecule has 2 atom stereocenters. The minimum absolute atomic E-state index is 0.261. The molecule has 5 aromatic rings. The Morgan fingerprint density at radius 2 is 1.86 bits per heavy atom. The lowest BCUT2D eigenvalue weighted by atomic mass is 10.00. The van der Waals surface area contributed by atoms with E-state index in [0.717, 1.165) is 18.4 Å². The molecule has 1 aliphatic carbocycles. The van der Waals surface area contributed by atoms with Crippen LogP contribution in [0.4, 0.5) is 15.8 Å². The number of aromatic nitrogens is 4. The Labute approximate surface area is 248 Å². The van der Waals surface area contributed by atoms with E-state index < -0.39 is 11.8 Å². The average Bonchev–Trinajstić information content (AvgIpc) is 3.75. The molecule has 2 N–H and O–H groups in total. The SMILES string of the molecule is [2H][C@](Nc1cc(Cl)c2ncc(C#N)c(N[C@@H](CCC#N)c3ccccc3)c2c1)(c1ccc(F)cc1)c1cn(C2CC2)nn1. The molecule has 2 aromatic heterocycles. The molecule has 0 radical (unpaired) electrons. The van der Waals surface area contributed by atoms with Crippen LogP contribution in [0.5, 0.6) is 0 Å². The normalized spacial score (nSPS) is 15.2. The maximum absolute atomic E-state index is 13.9. The molecule has 0 unspecified atom stereocenters. The molecule has 8 nitrogen and oxygen atoms in total. The molecule has 10 heteroatoms. The van der Waals surface area contributed by atoms with Crippen LogP contribution in [-0.4, -0.2) is 20.0 Å². The predicted molar refractivity (Wildman–Crippen MR) is 159 cm³/mol. The van der Waals surface area contributed by atoms with Crippen molar-refractivity contribution < 1.29 is 5.76 Å². The first-order chi connectivity index (χ1) is 20.9. The van der Waals surface area contributed by atoms with Gasteiger partial charge >= 0.3 is 0 Å². The van der Waals surface area contributed by atoms with Crippen LogP contribution in [0, 0.1) is 28.5 Å². The van der Waals surface area contributed by atoms with Crippen LogP contribution in [0.3, 0.4) is 0 Å². The number of nitriles is 2. The second kappa shape index (κ2) is 11.9. The van der Waals surface area contributed by atoms with E-state index in [1.807, 2.05) is 30.3 Å². The van der Waals surface area contributed by atoms with Crippen molar-refractivity contribution in [3.05, 3.63) is 112 Å². The number of halogens is 2. The number of rotatable bonds is 10. The Morgan fingerprint density at radius 1 is 1.07 bits per heavy atom. The number of nitrogens with zero attached hydrogens (tertiary/aromatic N) is 6. The van der Waals surface area contributed by atoms with Gasteiger partial charge in [-0.3, -0.25) is 4.98 Å². The maximum atomic E-state index is 13.9. The molecule has 0 amide bonds. The second-order valence-corrected chi connectivity index (χ2v) is 10.5. The summed E-state index contributed by atoms with van der Waals surface area (Å²) in [4.78, 5) is 4.46. The number of anilines is 2. The lowest BCUT2D eigenvalue weighted by Gasteiger charge is -2.23. The van der Waals surface area contributed by atoms with Gasteiger partial charge in [-0.2, -0.15) is 10.5 Å². The van der Waals surface area contributed by atoms with E-state index in [-0.39, 0.29) is 12.1 Å². The second-order valence-electron chi connectivity index (χ2n) is 10.1. The van der Waals surface area contributed by atoms with E-state index in [2.05, 4.69) is 38.1 Å². The molecule has 2 heterocycles. The van der Waals surface area contributed by atoms with Gasteiger partial charge in [0, 0.05) is 23.7 Å². The Balaban J connectivity index is 1.45. The zero-order valence-electron chi connectivity index (χ0n) is 23.4. The molecule has 0 spiro atoms. The van der Waals surface area contributed by atoms with Gasteiger partial charge in [-0.15, -0.1) is 5.10 Å². The van der Waals surface area contributed by atoms with Crippen molar-refractivity contribution in [2.24, 2.45) is 0 Å². The molecule has 0 bridgehead atoms. The molecule has 1 saturated carbocycles. The van der Waals surface area contributed by atoms with Crippen LogP contribution >= 0.6 is 11.6 Å². The van der Waals surface area contributed by atoms with Crippen LogP contribution in [0.25, 0.3) is 10.9 Å². The lowest BCUT2D eigenvalue weighted by molar-refractivity contribution is 0.610. The first kappa shape index (κ1) is 25.9. The fourth-order valence-corrected chi connectivity index (χ4v) is 5.18. The Hall–Kier alpha value is -4.99. The Morgan fingerprint density at radius 3 is 2.57 bits per heavy atom. The fraction of sp³-hybridized carbons (Fsp3) is 0.219. The summed E-state index contributed by atoms with van der Waals surface area (Å²) in [5.74, 6) is -0.420. The molecule has 208 valence electrons. The monoisotopic (exact) mass is 577 g/mol. The number of hydrogen-bond donors (Lipinski definition) is 2. The van der Waals surface area contributed by atoms with Crippen molar-refractivity contribution in [1.82, 2.24) is 20.0 Å². The van der Waals surface area contributed by atoms with Crippen molar-refractivity contribution >= 4 is 33.9 Å². The largest absolute Gasteiger partial charge is 0.377 e. The standard InChI is InChI=1S/C32H26ClFN8/c33-27-16-24(38-31(21-8-10-23(34)11-9-21)29-19-42(41-40-29)25-12-13-25)15-26-30(22(17-36)18-37-32(26)27)39-28(7-4-14-35)20-5-2-1-3-6-20/h1-3,5-6,8-11,15-16,18-19,25,28,31,38H,4,7,12-13H2,(H,37,39)/t28-,31-/m0/s1/i31D. The van der Waals surface area contributed by atoms with Gasteiger partial charge in [0.05, 0.1) is 53.5 Å².